The third-order valence-electron chi connectivity index (χ3n) is 5.71. The molecule has 0 N–H and O–H groups in total. The molecule has 1 atom stereocenters. The zero-order valence-electron chi connectivity index (χ0n) is 16.8. The van der Waals surface area contributed by atoms with Crippen LogP contribution in [0.3, 0.4) is 0 Å². The Morgan fingerprint density at radius 3 is 2.83 bits per heavy atom. The first kappa shape index (κ1) is 20.3. The molecular formula is C22H24FN3O4. The number of rotatable bonds is 3. The number of carbonyl (C=O) groups is 2. The fourth-order valence-corrected chi connectivity index (χ4v) is 4.08. The molecule has 0 bridgehead atoms. The van der Waals surface area contributed by atoms with Crippen molar-refractivity contribution in [2.45, 2.75) is 24.9 Å². The van der Waals surface area contributed by atoms with Crippen molar-refractivity contribution in [1.82, 2.24) is 9.88 Å². The van der Waals surface area contributed by atoms with Gasteiger partial charge in [-0.05, 0) is 43.5 Å². The predicted molar refractivity (Wildman–Crippen MR) is 108 cm³/mol. The molecule has 4 rings (SSSR count). The number of aromatic nitrogens is 1. The molecule has 30 heavy (non-hydrogen) atoms. The average molecular weight is 413 g/mol. The number of methoxy groups -OCH3 is 1. The van der Waals surface area contributed by atoms with Gasteiger partial charge in [-0.3, -0.25) is 9.59 Å². The lowest BCUT2D eigenvalue weighted by molar-refractivity contribution is -0.140. The highest BCUT2D eigenvalue weighted by molar-refractivity contribution is 5.95. The number of carbonyl (C=O) groups excluding carboxylic acids is 2. The first-order valence-corrected chi connectivity index (χ1v) is 10.00. The number of likely N-dealkylation sites (tertiary alicyclic amines) is 1. The van der Waals surface area contributed by atoms with Crippen LogP contribution in [0.4, 0.5) is 10.1 Å². The molecular weight excluding hydrogens is 389 g/mol. The maximum Gasteiger partial charge on any atom is 0.272 e. The average Bonchev–Trinajstić information content (AvgIpc) is 2.98. The van der Waals surface area contributed by atoms with Gasteiger partial charge in [0.05, 0.1) is 19.3 Å². The SMILES string of the molecule is COc1cccc(C(=O)N2CCCC3(CC2)CN(c2cccc(F)c2)C(=O)CO3)n1. The normalized spacial score (nSPS) is 22.1. The van der Waals surface area contributed by atoms with Gasteiger partial charge in [0, 0.05) is 24.8 Å². The van der Waals surface area contributed by atoms with Crippen molar-refractivity contribution in [3.05, 3.63) is 54.0 Å². The van der Waals surface area contributed by atoms with Gasteiger partial charge in [0.1, 0.15) is 18.1 Å². The molecule has 1 spiro atoms. The smallest absolute Gasteiger partial charge is 0.272 e. The second kappa shape index (κ2) is 8.39. The van der Waals surface area contributed by atoms with E-state index in [1.165, 1.54) is 19.2 Å². The summed E-state index contributed by atoms with van der Waals surface area (Å²) in [4.78, 5) is 33.0. The van der Waals surface area contributed by atoms with E-state index in [0.717, 1.165) is 6.42 Å². The van der Waals surface area contributed by atoms with E-state index in [1.54, 1.807) is 40.1 Å². The molecule has 8 heteroatoms. The Morgan fingerprint density at radius 2 is 2.03 bits per heavy atom. The fourth-order valence-electron chi connectivity index (χ4n) is 4.08. The number of benzene rings is 1. The van der Waals surface area contributed by atoms with Crippen molar-refractivity contribution in [2.75, 3.05) is 38.3 Å². The minimum atomic E-state index is -0.558. The second-order valence-electron chi connectivity index (χ2n) is 7.64. The molecule has 2 aromatic rings. The van der Waals surface area contributed by atoms with E-state index >= 15 is 0 Å². The molecule has 2 amide bonds. The highest BCUT2D eigenvalue weighted by atomic mass is 19.1. The van der Waals surface area contributed by atoms with Gasteiger partial charge >= 0.3 is 0 Å². The van der Waals surface area contributed by atoms with Gasteiger partial charge in [-0.2, -0.15) is 0 Å². The summed E-state index contributed by atoms with van der Waals surface area (Å²) in [5, 5.41) is 0. The number of halogens is 1. The summed E-state index contributed by atoms with van der Waals surface area (Å²) < 4.78 is 24.8. The third kappa shape index (κ3) is 4.14. The van der Waals surface area contributed by atoms with E-state index in [0.29, 0.717) is 49.7 Å². The zero-order chi connectivity index (χ0) is 21.1. The topological polar surface area (TPSA) is 72.0 Å². The monoisotopic (exact) mass is 413 g/mol. The van der Waals surface area contributed by atoms with Crippen LogP contribution >= 0.6 is 0 Å². The molecule has 0 radical (unpaired) electrons. The molecule has 1 aromatic heterocycles. The van der Waals surface area contributed by atoms with Gasteiger partial charge in [-0.15, -0.1) is 0 Å². The van der Waals surface area contributed by atoms with Crippen molar-refractivity contribution >= 4 is 17.5 Å². The first-order valence-electron chi connectivity index (χ1n) is 10.00. The maximum atomic E-state index is 13.7. The highest BCUT2D eigenvalue weighted by Gasteiger charge is 2.42. The Labute approximate surface area is 174 Å². The van der Waals surface area contributed by atoms with Gasteiger partial charge in [0.25, 0.3) is 11.8 Å². The van der Waals surface area contributed by atoms with E-state index in [2.05, 4.69) is 4.98 Å². The van der Waals surface area contributed by atoms with E-state index in [4.69, 9.17) is 9.47 Å². The molecule has 158 valence electrons. The van der Waals surface area contributed by atoms with E-state index in [9.17, 15) is 14.0 Å². The Morgan fingerprint density at radius 1 is 1.20 bits per heavy atom. The number of pyridine rings is 1. The number of nitrogens with zero attached hydrogens (tertiary/aromatic N) is 3. The van der Waals surface area contributed by atoms with Crippen LogP contribution in [0.15, 0.2) is 42.5 Å². The molecule has 2 saturated heterocycles. The minimum Gasteiger partial charge on any atom is -0.481 e. The second-order valence-corrected chi connectivity index (χ2v) is 7.64. The van der Waals surface area contributed by atoms with Crippen LogP contribution in [0.1, 0.15) is 29.8 Å². The van der Waals surface area contributed by atoms with E-state index < -0.39 is 5.60 Å². The van der Waals surface area contributed by atoms with Crippen LogP contribution in [-0.2, 0) is 9.53 Å². The third-order valence-corrected chi connectivity index (χ3v) is 5.71. The molecule has 2 aliphatic rings. The van der Waals surface area contributed by atoms with Crippen molar-refractivity contribution in [1.29, 1.82) is 0 Å². The van der Waals surface area contributed by atoms with E-state index in [1.807, 2.05) is 0 Å². The summed E-state index contributed by atoms with van der Waals surface area (Å²) in [6.45, 7) is 1.36. The van der Waals surface area contributed by atoms with Crippen LogP contribution in [0.5, 0.6) is 5.88 Å². The summed E-state index contributed by atoms with van der Waals surface area (Å²) in [7, 11) is 1.51. The number of amides is 2. The number of hydrogen-bond donors (Lipinski definition) is 0. The van der Waals surface area contributed by atoms with E-state index in [-0.39, 0.29) is 24.2 Å². The number of hydrogen-bond acceptors (Lipinski definition) is 5. The van der Waals surface area contributed by atoms with Crippen LogP contribution < -0.4 is 9.64 Å². The van der Waals surface area contributed by atoms with Gasteiger partial charge < -0.3 is 19.3 Å². The summed E-state index contributed by atoms with van der Waals surface area (Å²) in [6.07, 6.45) is 2.03. The van der Waals surface area contributed by atoms with Crippen LogP contribution in [0, 0.1) is 5.82 Å². The zero-order valence-corrected chi connectivity index (χ0v) is 16.8. The van der Waals surface area contributed by atoms with Gasteiger partial charge in [0.2, 0.25) is 5.88 Å². The summed E-state index contributed by atoms with van der Waals surface area (Å²) >= 11 is 0. The van der Waals surface area contributed by atoms with Crippen molar-refractivity contribution in [3.8, 4) is 5.88 Å². The molecule has 7 nitrogen and oxygen atoms in total. The minimum absolute atomic E-state index is 0.0537. The van der Waals surface area contributed by atoms with Gasteiger partial charge in [-0.25, -0.2) is 9.37 Å². The predicted octanol–water partition coefficient (Wildman–Crippen LogP) is 2.66. The number of anilines is 1. The van der Waals surface area contributed by atoms with Gasteiger partial charge in [0.15, 0.2) is 0 Å². The molecule has 0 saturated carbocycles. The van der Waals surface area contributed by atoms with Crippen LogP contribution in [0.25, 0.3) is 0 Å². The fraction of sp³-hybridized carbons (Fsp3) is 0.409. The highest BCUT2D eigenvalue weighted by Crippen LogP contribution is 2.33. The summed E-state index contributed by atoms with van der Waals surface area (Å²) in [5.41, 5.74) is 0.309. The quantitative estimate of drug-likeness (QED) is 0.774. The maximum absolute atomic E-state index is 13.7. The summed E-state index contributed by atoms with van der Waals surface area (Å²) in [6, 6.07) is 11.1. The van der Waals surface area contributed by atoms with Crippen LogP contribution in [-0.4, -0.2) is 60.7 Å². The molecule has 2 fully saturated rings. The lowest BCUT2D eigenvalue weighted by Gasteiger charge is -2.42. The first-order chi connectivity index (χ1) is 14.5. The summed E-state index contributed by atoms with van der Waals surface area (Å²) in [5.74, 6) is -0.333. The van der Waals surface area contributed by atoms with Crippen molar-refractivity contribution in [3.63, 3.8) is 0 Å². The lowest BCUT2D eigenvalue weighted by atomic mass is 9.92. The molecule has 2 aliphatic heterocycles. The Kier molecular flexibility index (Phi) is 5.67. The molecule has 0 aliphatic carbocycles. The van der Waals surface area contributed by atoms with Crippen molar-refractivity contribution in [2.24, 2.45) is 0 Å². The number of morpholine rings is 1. The van der Waals surface area contributed by atoms with Crippen molar-refractivity contribution < 1.29 is 23.5 Å². The lowest BCUT2D eigenvalue weighted by Crippen LogP contribution is -2.55. The molecule has 1 unspecified atom stereocenters. The molecule has 3 heterocycles. The largest absolute Gasteiger partial charge is 0.481 e. The number of ether oxygens (including phenoxy) is 2. The van der Waals surface area contributed by atoms with Gasteiger partial charge in [-0.1, -0.05) is 12.1 Å². The molecule has 1 aromatic carbocycles. The van der Waals surface area contributed by atoms with Crippen LogP contribution in [0.2, 0.25) is 0 Å². The Bertz CT molecular complexity index is 953. The Balaban J connectivity index is 1.48. The standard InChI is InChI=1S/C22H24FN3O4/c1-29-19-8-3-7-18(24-19)21(28)25-11-4-9-22(10-12-25)15-26(20(27)14-30-22)17-6-2-5-16(23)13-17/h2-3,5-8,13H,4,9-12,14-15H2,1H3. The Hall–Kier alpha value is -3.00.